The van der Waals surface area contributed by atoms with Crippen LogP contribution in [0.5, 0.6) is 5.88 Å². The van der Waals surface area contributed by atoms with Crippen molar-refractivity contribution >= 4 is 29.3 Å². The molecule has 2 atom stereocenters. The highest BCUT2D eigenvalue weighted by molar-refractivity contribution is 6.30. The molecule has 1 aliphatic heterocycles. The molecule has 0 bridgehead atoms. The highest BCUT2D eigenvalue weighted by Crippen LogP contribution is 2.53. The molecule has 2 aromatic heterocycles. The number of aryl methyl sites for hydroxylation is 2. The second kappa shape index (κ2) is 14.9. The van der Waals surface area contributed by atoms with Gasteiger partial charge in [0.2, 0.25) is 11.8 Å². The van der Waals surface area contributed by atoms with Crippen molar-refractivity contribution < 1.29 is 28.6 Å². The van der Waals surface area contributed by atoms with E-state index >= 15 is 0 Å². The molecule has 0 unspecified atom stereocenters. The first-order valence-electron chi connectivity index (χ1n) is 14.4. The number of carbonyl (C=O) groups is 2. The van der Waals surface area contributed by atoms with Crippen LogP contribution in [0.1, 0.15) is 55.3 Å². The number of anilines is 1. The number of amides is 1. The minimum Gasteiger partial charge on any atom is -0.481 e. The van der Waals surface area contributed by atoms with E-state index in [0.717, 1.165) is 50.2 Å². The van der Waals surface area contributed by atoms with Crippen LogP contribution < -0.4 is 15.4 Å². The number of hydrogen-bond acceptors (Lipinski definition) is 9. The Hall–Kier alpha value is -3.09. The van der Waals surface area contributed by atoms with Crippen LogP contribution in [-0.4, -0.2) is 96.1 Å². The number of methoxy groups -OCH3 is 2. The molecule has 0 radical (unpaired) electrons. The Kier molecular flexibility index (Phi) is 11.3. The Balaban J connectivity index is 1.34. The third-order valence-electron chi connectivity index (χ3n) is 8.04. The molecule has 1 saturated carbocycles. The number of ether oxygens (including phenoxy) is 2. The smallest absolute Gasteiger partial charge is 0.326 e. The first-order valence-corrected chi connectivity index (χ1v) is 14.8. The van der Waals surface area contributed by atoms with Crippen LogP contribution >= 0.6 is 11.6 Å². The van der Waals surface area contributed by atoms with Gasteiger partial charge >= 0.3 is 5.97 Å². The summed E-state index contributed by atoms with van der Waals surface area (Å²) in [4.78, 5) is 40.3. The third-order valence-corrected chi connectivity index (χ3v) is 8.32. The molecule has 0 saturated heterocycles. The Morgan fingerprint density at radius 3 is 2.74 bits per heavy atom. The summed E-state index contributed by atoms with van der Waals surface area (Å²) in [6, 6.07) is 3.07. The number of carbonyl (C=O) groups excluding carboxylic acids is 1. The largest absolute Gasteiger partial charge is 0.481 e. The number of unbranched alkanes of at least 4 members (excludes halogenated alkanes) is 1. The van der Waals surface area contributed by atoms with E-state index in [1.807, 2.05) is 4.90 Å². The molecule has 1 amide bonds. The SMILES string of the molecule is COc1ncnc(Cl)c1C1(C(=O)N[C@@H](CCN(CCCCc2ccc3c(n2)NCCC3)C[C@@H](CF)OC)C(=O)O)CC1. The highest BCUT2D eigenvalue weighted by Gasteiger charge is 2.55. The fraction of sp³-hybridized carbons (Fsp3) is 0.621. The molecule has 4 rings (SSSR count). The summed E-state index contributed by atoms with van der Waals surface area (Å²) in [5.74, 6) is -0.440. The van der Waals surface area contributed by atoms with Crippen LogP contribution in [0.3, 0.4) is 0 Å². The number of aromatic nitrogens is 3. The van der Waals surface area contributed by atoms with Gasteiger partial charge in [-0.2, -0.15) is 0 Å². The number of carboxylic acids is 1. The number of nitrogens with one attached hydrogen (secondary N) is 2. The average molecular weight is 607 g/mol. The quantitative estimate of drug-likeness (QED) is 0.182. The maximum atomic E-state index is 13.5. The minimum atomic E-state index is -1.15. The number of hydrogen-bond donors (Lipinski definition) is 3. The number of halogens is 2. The molecule has 3 N–H and O–H groups in total. The lowest BCUT2D eigenvalue weighted by Gasteiger charge is -2.27. The monoisotopic (exact) mass is 606 g/mol. The van der Waals surface area contributed by atoms with Crippen LogP contribution in [-0.2, 0) is 32.6 Å². The van der Waals surface area contributed by atoms with E-state index in [2.05, 4.69) is 32.7 Å². The van der Waals surface area contributed by atoms with E-state index in [4.69, 9.17) is 26.1 Å². The number of pyridine rings is 1. The number of alkyl halides is 1. The highest BCUT2D eigenvalue weighted by atomic mass is 35.5. The van der Waals surface area contributed by atoms with Crippen molar-refractivity contribution in [2.24, 2.45) is 0 Å². The topological polar surface area (TPSA) is 139 Å². The van der Waals surface area contributed by atoms with Gasteiger partial charge in [0.1, 0.15) is 30.0 Å². The first-order chi connectivity index (χ1) is 20.3. The lowest BCUT2D eigenvalue weighted by molar-refractivity contribution is -0.142. The Bertz CT molecular complexity index is 1230. The number of rotatable bonds is 17. The number of fused-ring (bicyclic) bond motifs is 1. The summed E-state index contributed by atoms with van der Waals surface area (Å²) in [6.07, 6.45) is 6.36. The molecule has 1 aliphatic carbocycles. The zero-order valence-corrected chi connectivity index (χ0v) is 25.0. The molecule has 1 fully saturated rings. The third kappa shape index (κ3) is 7.84. The summed E-state index contributed by atoms with van der Waals surface area (Å²) in [7, 11) is 2.89. The molecule has 3 heterocycles. The van der Waals surface area contributed by atoms with Gasteiger partial charge in [0.25, 0.3) is 0 Å². The predicted octanol–water partition coefficient (Wildman–Crippen LogP) is 3.19. The molecule has 0 spiro atoms. The van der Waals surface area contributed by atoms with E-state index in [1.165, 1.54) is 26.1 Å². The van der Waals surface area contributed by atoms with Gasteiger partial charge in [-0.25, -0.2) is 24.1 Å². The Labute approximate surface area is 250 Å². The zero-order chi connectivity index (χ0) is 30.1. The van der Waals surface area contributed by atoms with E-state index < -0.39 is 36.1 Å². The lowest BCUT2D eigenvalue weighted by atomic mass is 9.96. The standard InChI is InChI=1S/C29H40ClFN6O5/c1-41-21(16-31)17-37(14-4-3-7-20-9-8-19-6-5-13-32-25(19)35-20)15-10-22(27(38)39)36-28(40)29(11-12-29)23-24(30)33-18-34-26(23)42-2/h8-9,18,21-22H,3-7,10-17H2,1-2H3,(H,32,35)(H,36,40)(H,38,39)/t21-,22+/m1/s1. The molecule has 13 heteroatoms. The summed E-state index contributed by atoms with van der Waals surface area (Å²) < 4.78 is 24.1. The molecule has 0 aromatic carbocycles. The van der Waals surface area contributed by atoms with Gasteiger partial charge in [-0.15, -0.1) is 0 Å². The van der Waals surface area contributed by atoms with Crippen LogP contribution in [0.2, 0.25) is 5.15 Å². The number of aliphatic carboxylic acids is 1. The van der Waals surface area contributed by atoms with Gasteiger partial charge in [-0.3, -0.25) is 4.79 Å². The van der Waals surface area contributed by atoms with Crippen LogP contribution in [0, 0.1) is 0 Å². The van der Waals surface area contributed by atoms with E-state index in [9.17, 15) is 19.1 Å². The van der Waals surface area contributed by atoms with Gasteiger partial charge < -0.3 is 30.1 Å². The molecule has 230 valence electrons. The van der Waals surface area contributed by atoms with Crippen molar-refractivity contribution in [2.75, 3.05) is 52.4 Å². The lowest BCUT2D eigenvalue weighted by Crippen LogP contribution is -2.48. The van der Waals surface area contributed by atoms with Gasteiger partial charge in [0, 0.05) is 32.4 Å². The van der Waals surface area contributed by atoms with Crippen LogP contribution in [0.25, 0.3) is 0 Å². The predicted molar refractivity (Wildman–Crippen MR) is 156 cm³/mol. The zero-order valence-electron chi connectivity index (χ0n) is 24.2. The van der Waals surface area contributed by atoms with Crippen molar-refractivity contribution in [3.05, 3.63) is 40.4 Å². The molecule has 11 nitrogen and oxygen atoms in total. The molecular formula is C29H40ClFN6O5. The van der Waals surface area contributed by atoms with Crippen molar-refractivity contribution in [3.8, 4) is 5.88 Å². The average Bonchev–Trinajstić information content (AvgIpc) is 3.80. The summed E-state index contributed by atoms with van der Waals surface area (Å²) >= 11 is 6.30. The molecular weight excluding hydrogens is 567 g/mol. The Morgan fingerprint density at radius 2 is 2.05 bits per heavy atom. The maximum absolute atomic E-state index is 13.5. The van der Waals surface area contributed by atoms with Crippen molar-refractivity contribution in [1.29, 1.82) is 0 Å². The fourth-order valence-corrected chi connectivity index (χ4v) is 5.71. The van der Waals surface area contributed by atoms with Gasteiger partial charge in [-0.1, -0.05) is 17.7 Å². The van der Waals surface area contributed by atoms with Gasteiger partial charge in [0.15, 0.2) is 0 Å². The van der Waals surface area contributed by atoms with Crippen molar-refractivity contribution in [2.45, 2.75) is 68.9 Å². The summed E-state index contributed by atoms with van der Waals surface area (Å²) in [5, 5.41) is 16.1. The van der Waals surface area contributed by atoms with E-state index in [-0.39, 0.29) is 17.5 Å². The summed E-state index contributed by atoms with van der Waals surface area (Å²) in [5.41, 5.74) is 1.61. The normalized spacial score (nSPS) is 16.7. The molecule has 2 aliphatic rings. The second-order valence-electron chi connectivity index (χ2n) is 10.9. The molecule has 42 heavy (non-hydrogen) atoms. The van der Waals surface area contributed by atoms with Crippen molar-refractivity contribution in [3.63, 3.8) is 0 Å². The molecule has 2 aromatic rings. The Morgan fingerprint density at radius 1 is 1.24 bits per heavy atom. The van der Waals surface area contributed by atoms with Gasteiger partial charge in [-0.05, 0) is 69.5 Å². The summed E-state index contributed by atoms with van der Waals surface area (Å²) in [6.45, 7) is 1.56. The first kappa shape index (κ1) is 31.8. The van der Waals surface area contributed by atoms with Gasteiger partial charge in [0.05, 0.1) is 24.2 Å². The van der Waals surface area contributed by atoms with Crippen LogP contribution in [0.15, 0.2) is 18.5 Å². The fourth-order valence-electron chi connectivity index (χ4n) is 5.41. The van der Waals surface area contributed by atoms with E-state index in [0.29, 0.717) is 38.0 Å². The van der Waals surface area contributed by atoms with E-state index in [1.54, 1.807) is 0 Å². The number of nitrogens with zero attached hydrogens (tertiary/aromatic N) is 4. The van der Waals surface area contributed by atoms with Crippen molar-refractivity contribution in [1.82, 2.24) is 25.2 Å². The van der Waals surface area contributed by atoms with Crippen LogP contribution in [0.4, 0.5) is 10.2 Å². The minimum absolute atomic E-state index is 0.103. The maximum Gasteiger partial charge on any atom is 0.326 e. The second-order valence-corrected chi connectivity index (χ2v) is 11.3. The number of carboxylic acid groups (broad SMARTS) is 1.